The number of unbranched alkanes of at least 4 members (excludes halogenated alkanes) is 5. The third-order valence-corrected chi connectivity index (χ3v) is 2.48. The van der Waals surface area contributed by atoms with Crippen molar-refractivity contribution in [1.82, 2.24) is 5.32 Å². The molecular weight excluding hydrogens is 218 g/mol. The molecule has 0 aromatic heterocycles. The first-order valence-electron chi connectivity index (χ1n) is 6.62. The molecule has 0 atom stereocenters. The van der Waals surface area contributed by atoms with E-state index in [1.54, 1.807) is 0 Å². The van der Waals surface area contributed by atoms with Crippen molar-refractivity contribution in [3.05, 3.63) is 0 Å². The minimum absolute atomic E-state index is 0.332. The van der Waals surface area contributed by atoms with E-state index in [1.807, 2.05) is 0 Å². The summed E-state index contributed by atoms with van der Waals surface area (Å²) in [6.45, 7) is 2.47. The number of hydrogen-bond acceptors (Lipinski definition) is 4. The SMILES string of the molecule is NCCCCCCCCOC(=O)NCCCN. The summed E-state index contributed by atoms with van der Waals surface area (Å²) in [5, 5.41) is 2.65. The van der Waals surface area contributed by atoms with Gasteiger partial charge in [-0.1, -0.05) is 25.7 Å². The van der Waals surface area contributed by atoms with Crippen LogP contribution in [0.5, 0.6) is 0 Å². The average molecular weight is 245 g/mol. The molecule has 0 rings (SSSR count). The number of alkyl carbamates (subject to hydrolysis) is 1. The summed E-state index contributed by atoms with van der Waals surface area (Å²) in [5.74, 6) is 0. The number of ether oxygens (including phenoxy) is 1. The van der Waals surface area contributed by atoms with Crippen molar-refractivity contribution in [2.75, 3.05) is 26.2 Å². The smallest absolute Gasteiger partial charge is 0.407 e. The van der Waals surface area contributed by atoms with Gasteiger partial charge in [0.15, 0.2) is 0 Å². The maximum Gasteiger partial charge on any atom is 0.407 e. The third kappa shape index (κ3) is 13.1. The molecule has 0 saturated heterocycles. The van der Waals surface area contributed by atoms with Crippen molar-refractivity contribution >= 4 is 6.09 Å². The van der Waals surface area contributed by atoms with Gasteiger partial charge in [0.2, 0.25) is 0 Å². The number of carbonyl (C=O) groups excluding carboxylic acids is 1. The summed E-state index contributed by atoms with van der Waals surface area (Å²) >= 11 is 0. The monoisotopic (exact) mass is 245 g/mol. The molecule has 1 amide bonds. The minimum atomic E-state index is -0.332. The fourth-order valence-corrected chi connectivity index (χ4v) is 1.46. The van der Waals surface area contributed by atoms with Crippen LogP contribution in [0.2, 0.25) is 0 Å². The van der Waals surface area contributed by atoms with E-state index in [9.17, 15) is 4.79 Å². The van der Waals surface area contributed by atoms with Gasteiger partial charge in [-0.25, -0.2) is 4.79 Å². The second-order valence-electron chi connectivity index (χ2n) is 4.11. The van der Waals surface area contributed by atoms with Crippen molar-refractivity contribution in [3.63, 3.8) is 0 Å². The Bertz CT molecular complexity index is 177. The van der Waals surface area contributed by atoms with Crippen molar-refractivity contribution in [3.8, 4) is 0 Å². The Morgan fingerprint density at radius 2 is 1.47 bits per heavy atom. The van der Waals surface area contributed by atoms with Crippen LogP contribution in [0.1, 0.15) is 44.9 Å². The van der Waals surface area contributed by atoms with Crippen molar-refractivity contribution in [1.29, 1.82) is 0 Å². The Balaban J connectivity index is 3.08. The molecule has 0 aliphatic heterocycles. The molecule has 5 nitrogen and oxygen atoms in total. The minimum Gasteiger partial charge on any atom is -0.450 e. The first-order chi connectivity index (χ1) is 8.31. The highest BCUT2D eigenvalue weighted by Gasteiger charge is 1.99. The third-order valence-electron chi connectivity index (χ3n) is 2.48. The van der Waals surface area contributed by atoms with E-state index in [0.717, 1.165) is 32.2 Å². The van der Waals surface area contributed by atoms with Gasteiger partial charge in [0, 0.05) is 6.54 Å². The van der Waals surface area contributed by atoms with Crippen LogP contribution in [-0.4, -0.2) is 32.3 Å². The Labute approximate surface area is 104 Å². The summed E-state index contributed by atoms with van der Waals surface area (Å²) in [6, 6.07) is 0. The van der Waals surface area contributed by atoms with E-state index < -0.39 is 0 Å². The van der Waals surface area contributed by atoms with Gasteiger partial charge in [-0.2, -0.15) is 0 Å². The van der Waals surface area contributed by atoms with Crippen molar-refractivity contribution in [2.45, 2.75) is 44.9 Å². The molecule has 0 aromatic rings. The van der Waals surface area contributed by atoms with Gasteiger partial charge in [-0.05, 0) is 32.4 Å². The number of hydrogen-bond donors (Lipinski definition) is 3. The number of nitrogens with two attached hydrogens (primary N) is 2. The highest BCUT2D eigenvalue weighted by Crippen LogP contribution is 2.04. The van der Waals surface area contributed by atoms with E-state index >= 15 is 0 Å². The summed E-state index contributed by atoms with van der Waals surface area (Å²) in [5.41, 5.74) is 10.7. The zero-order valence-corrected chi connectivity index (χ0v) is 10.7. The molecule has 17 heavy (non-hydrogen) atoms. The molecular formula is C12H27N3O2. The Morgan fingerprint density at radius 3 is 2.12 bits per heavy atom. The Morgan fingerprint density at radius 1 is 0.882 bits per heavy atom. The molecule has 0 aliphatic rings. The number of rotatable bonds is 11. The van der Waals surface area contributed by atoms with Gasteiger partial charge in [-0.15, -0.1) is 0 Å². The predicted octanol–water partition coefficient (Wildman–Crippen LogP) is 1.36. The van der Waals surface area contributed by atoms with Gasteiger partial charge in [-0.3, -0.25) is 0 Å². The second kappa shape index (κ2) is 13.3. The lowest BCUT2D eigenvalue weighted by molar-refractivity contribution is 0.144. The largest absolute Gasteiger partial charge is 0.450 e. The Kier molecular flexibility index (Phi) is 12.6. The van der Waals surface area contributed by atoms with Crippen LogP contribution in [0, 0.1) is 0 Å². The van der Waals surface area contributed by atoms with E-state index in [-0.39, 0.29) is 6.09 Å². The van der Waals surface area contributed by atoms with Crippen LogP contribution < -0.4 is 16.8 Å². The topological polar surface area (TPSA) is 90.4 Å². The average Bonchev–Trinajstić information content (AvgIpc) is 2.33. The maximum atomic E-state index is 11.1. The van der Waals surface area contributed by atoms with Gasteiger partial charge in [0.1, 0.15) is 0 Å². The summed E-state index contributed by atoms with van der Waals surface area (Å²) in [4.78, 5) is 11.1. The van der Waals surface area contributed by atoms with Crippen molar-refractivity contribution in [2.24, 2.45) is 11.5 Å². The van der Waals surface area contributed by atoms with Crippen LogP contribution >= 0.6 is 0 Å². The second-order valence-corrected chi connectivity index (χ2v) is 4.11. The lowest BCUT2D eigenvalue weighted by atomic mass is 10.1. The lowest BCUT2D eigenvalue weighted by Gasteiger charge is -2.06. The molecule has 0 aliphatic carbocycles. The lowest BCUT2D eigenvalue weighted by Crippen LogP contribution is -2.26. The molecule has 0 spiro atoms. The Hall–Kier alpha value is -0.810. The maximum absolute atomic E-state index is 11.1. The highest BCUT2D eigenvalue weighted by molar-refractivity contribution is 5.66. The van der Waals surface area contributed by atoms with Crippen LogP contribution in [-0.2, 0) is 4.74 Å². The fourth-order valence-electron chi connectivity index (χ4n) is 1.46. The van der Waals surface area contributed by atoms with Crippen LogP contribution in [0.25, 0.3) is 0 Å². The first-order valence-corrected chi connectivity index (χ1v) is 6.62. The van der Waals surface area contributed by atoms with Crippen LogP contribution in [0.15, 0.2) is 0 Å². The van der Waals surface area contributed by atoms with Gasteiger partial charge < -0.3 is 21.5 Å². The van der Waals surface area contributed by atoms with E-state index in [4.69, 9.17) is 16.2 Å². The summed E-state index contributed by atoms with van der Waals surface area (Å²) < 4.78 is 5.01. The fraction of sp³-hybridized carbons (Fsp3) is 0.917. The van der Waals surface area contributed by atoms with Gasteiger partial charge >= 0.3 is 6.09 Å². The molecule has 0 fully saturated rings. The molecule has 5 heteroatoms. The molecule has 0 saturated carbocycles. The van der Waals surface area contributed by atoms with Gasteiger partial charge in [0.25, 0.3) is 0 Å². The highest BCUT2D eigenvalue weighted by atomic mass is 16.5. The van der Waals surface area contributed by atoms with Crippen molar-refractivity contribution < 1.29 is 9.53 Å². The summed E-state index contributed by atoms with van der Waals surface area (Å²) in [7, 11) is 0. The first kappa shape index (κ1) is 16.2. The van der Waals surface area contributed by atoms with E-state index in [1.165, 1.54) is 19.3 Å². The summed E-state index contributed by atoms with van der Waals surface area (Å²) in [6.07, 6.45) is 7.24. The number of amides is 1. The quantitative estimate of drug-likeness (QED) is 0.479. The molecule has 0 aromatic carbocycles. The van der Waals surface area contributed by atoms with Crippen LogP contribution in [0.3, 0.4) is 0 Å². The molecule has 0 bridgehead atoms. The molecule has 102 valence electrons. The number of nitrogens with one attached hydrogen (secondary N) is 1. The zero-order chi connectivity index (χ0) is 12.8. The van der Waals surface area contributed by atoms with Crippen LogP contribution in [0.4, 0.5) is 4.79 Å². The molecule has 5 N–H and O–H groups in total. The normalized spacial score (nSPS) is 10.2. The van der Waals surface area contributed by atoms with E-state index in [0.29, 0.717) is 19.7 Å². The molecule has 0 heterocycles. The predicted molar refractivity (Wildman–Crippen MR) is 69.8 cm³/mol. The zero-order valence-electron chi connectivity index (χ0n) is 10.7. The van der Waals surface area contributed by atoms with Gasteiger partial charge in [0.05, 0.1) is 6.61 Å². The van der Waals surface area contributed by atoms with E-state index in [2.05, 4.69) is 5.32 Å². The number of carbonyl (C=O) groups is 1. The molecule has 0 unspecified atom stereocenters. The molecule has 0 radical (unpaired) electrons. The standard InChI is InChI=1S/C12H27N3O2/c13-8-5-3-1-2-4-6-11-17-12(16)15-10-7-9-14/h1-11,13-14H2,(H,15,16).